The van der Waals surface area contributed by atoms with Crippen LogP contribution >= 0.6 is 12.2 Å². The molecule has 1 aromatic rings. The fraction of sp³-hybridized carbons (Fsp3) is 0.688. The molecule has 0 aliphatic carbocycles. The summed E-state index contributed by atoms with van der Waals surface area (Å²) < 4.78 is 12.8. The van der Waals surface area contributed by atoms with Gasteiger partial charge in [0.25, 0.3) is 0 Å². The van der Waals surface area contributed by atoms with Crippen molar-refractivity contribution < 1.29 is 14.0 Å². The minimum absolute atomic E-state index is 0.473. The molecule has 26 heavy (non-hydrogen) atoms. The van der Waals surface area contributed by atoms with Gasteiger partial charge in [-0.15, -0.1) is 4.33 Å². The first-order valence-corrected chi connectivity index (χ1v) is 9.45. The Bertz CT molecular complexity index is 583. The average molecular weight is 380 g/mol. The fourth-order valence-corrected chi connectivity index (χ4v) is 3.47. The van der Waals surface area contributed by atoms with Crippen LogP contribution in [0.4, 0.5) is 5.82 Å². The Morgan fingerprint density at radius 3 is 2.54 bits per heavy atom. The number of aromatic nitrogens is 2. The molecule has 2 aliphatic rings. The molecule has 2 saturated heterocycles. The lowest BCUT2D eigenvalue weighted by Gasteiger charge is -2.33. The zero-order valence-corrected chi connectivity index (χ0v) is 15.7. The Hall–Kier alpha value is -1.80. The molecule has 0 spiro atoms. The molecule has 2 fully saturated rings. The van der Waals surface area contributed by atoms with Crippen LogP contribution in [0.5, 0.6) is 5.88 Å². The van der Waals surface area contributed by atoms with Crippen molar-refractivity contribution in [2.45, 2.75) is 12.8 Å². The van der Waals surface area contributed by atoms with Gasteiger partial charge in [-0.05, 0) is 18.8 Å². The Kier molecular flexibility index (Phi) is 7.13. The number of hydrogen-bond acceptors (Lipinski definition) is 10. The molecule has 0 amide bonds. The first kappa shape index (κ1) is 19.0. The molecular formula is C16H24N6O3S. The summed E-state index contributed by atoms with van der Waals surface area (Å²) in [5, 5.41) is 8.88. The molecule has 0 saturated carbocycles. The van der Waals surface area contributed by atoms with E-state index in [4.69, 9.17) is 14.3 Å². The van der Waals surface area contributed by atoms with Gasteiger partial charge in [-0.3, -0.25) is 0 Å². The molecule has 0 radical (unpaired) electrons. The van der Waals surface area contributed by atoms with Crippen LogP contribution in [-0.4, -0.2) is 72.2 Å². The van der Waals surface area contributed by atoms with E-state index in [2.05, 4.69) is 30.3 Å². The van der Waals surface area contributed by atoms with Gasteiger partial charge in [-0.2, -0.15) is 5.26 Å². The molecule has 0 bridgehead atoms. The Morgan fingerprint density at radius 1 is 1.15 bits per heavy atom. The lowest BCUT2D eigenvalue weighted by Crippen LogP contribution is -2.43. The Labute approximate surface area is 158 Å². The summed E-state index contributed by atoms with van der Waals surface area (Å²) in [7, 11) is 1.50. The summed E-state index contributed by atoms with van der Waals surface area (Å²) >= 11 is 1.23. The molecule has 0 N–H and O–H groups in total. The number of piperidine rings is 1. The van der Waals surface area contributed by atoms with Gasteiger partial charge in [0.1, 0.15) is 18.0 Å². The van der Waals surface area contributed by atoms with Gasteiger partial charge >= 0.3 is 0 Å². The number of anilines is 1. The number of hydrogen-bond donors (Lipinski definition) is 0. The molecule has 3 rings (SSSR count). The highest BCUT2D eigenvalue weighted by atomic mass is 32.2. The maximum absolute atomic E-state index is 8.88. The van der Waals surface area contributed by atoms with Crippen LogP contribution in [0.1, 0.15) is 12.8 Å². The fourth-order valence-electron chi connectivity index (χ4n) is 3.02. The van der Waals surface area contributed by atoms with Gasteiger partial charge < -0.3 is 14.5 Å². The average Bonchev–Trinajstić information content (AvgIpc) is 2.72. The highest BCUT2D eigenvalue weighted by molar-refractivity contribution is 7.92. The van der Waals surface area contributed by atoms with Gasteiger partial charge in [-0.1, -0.05) is 0 Å². The molecule has 1 aromatic heterocycles. The van der Waals surface area contributed by atoms with Crippen molar-refractivity contribution in [3.8, 4) is 12.1 Å². The third-order valence-electron chi connectivity index (χ3n) is 4.60. The SMILES string of the molecule is COOSN1CCN(c2cnc(OCC3CCN(C#N)CC3)cn2)CC1. The summed E-state index contributed by atoms with van der Waals surface area (Å²) in [4.78, 5) is 17.5. The third-order valence-corrected chi connectivity index (χ3v) is 5.38. The van der Waals surface area contributed by atoms with Gasteiger partial charge in [0.05, 0.1) is 26.1 Å². The molecule has 2 aliphatic heterocycles. The molecule has 0 unspecified atom stereocenters. The van der Waals surface area contributed by atoms with Gasteiger partial charge in [-0.25, -0.2) is 19.2 Å². The Balaban J connectivity index is 1.41. The van der Waals surface area contributed by atoms with Crippen LogP contribution in [0.15, 0.2) is 12.4 Å². The molecule has 3 heterocycles. The minimum atomic E-state index is 0.473. The zero-order valence-electron chi connectivity index (χ0n) is 14.9. The highest BCUT2D eigenvalue weighted by Crippen LogP contribution is 2.20. The number of ether oxygens (including phenoxy) is 1. The summed E-state index contributed by atoms with van der Waals surface area (Å²) in [6, 6.07) is 0. The second-order valence-electron chi connectivity index (χ2n) is 6.28. The van der Waals surface area contributed by atoms with Crippen molar-refractivity contribution in [1.82, 2.24) is 19.2 Å². The van der Waals surface area contributed by atoms with E-state index in [0.29, 0.717) is 18.4 Å². The van der Waals surface area contributed by atoms with Crippen molar-refractivity contribution in [3.63, 3.8) is 0 Å². The van der Waals surface area contributed by atoms with E-state index >= 15 is 0 Å². The van der Waals surface area contributed by atoms with Crippen molar-refractivity contribution in [1.29, 1.82) is 5.26 Å². The van der Waals surface area contributed by atoms with Gasteiger partial charge in [0, 0.05) is 39.3 Å². The van der Waals surface area contributed by atoms with Crippen molar-refractivity contribution in [2.24, 2.45) is 5.92 Å². The summed E-state index contributed by atoms with van der Waals surface area (Å²) in [6.45, 7) is 5.68. The number of likely N-dealkylation sites (tertiary alicyclic amines) is 1. The van der Waals surface area contributed by atoms with E-state index in [9.17, 15) is 0 Å². The van der Waals surface area contributed by atoms with Crippen LogP contribution in [-0.2, 0) is 9.22 Å². The minimum Gasteiger partial charge on any atom is -0.476 e. The molecular weight excluding hydrogens is 356 g/mol. The number of nitrogens with zero attached hydrogens (tertiary/aromatic N) is 6. The smallest absolute Gasteiger partial charge is 0.232 e. The van der Waals surface area contributed by atoms with Crippen molar-refractivity contribution in [3.05, 3.63) is 12.4 Å². The second-order valence-corrected chi connectivity index (χ2v) is 7.08. The summed E-state index contributed by atoms with van der Waals surface area (Å²) in [5.74, 6) is 1.89. The topological polar surface area (TPSA) is 87.0 Å². The largest absolute Gasteiger partial charge is 0.476 e. The van der Waals surface area contributed by atoms with Crippen LogP contribution in [0.25, 0.3) is 0 Å². The summed E-state index contributed by atoms with van der Waals surface area (Å²) in [6.07, 6.45) is 7.61. The number of rotatable bonds is 7. The van der Waals surface area contributed by atoms with Gasteiger partial charge in [0.15, 0.2) is 6.19 Å². The van der Waals surface area contributed by atoms with Crippen LogP contribution in [0.3, 0.4) is 0 Å². The highest BCUT2D eigenvalue weighted by Gasteiger charge is 2.21. The van der Waals surface area contributed by atoms with Crippen molar-refractivity contribution in [2.75, 3.05) is 57.9 Å². The first-order chi connectivity index (χ1) is 12.8. The Morgan fingerprint density at radius 2 is 1.92 bits per heavy atom. The van der Waals surface area contributed by atoms with E-state index in [0.717, 1.165) is 57.9 Å². The monoisotopic (exact) mass is 380 g/mol. The quantitative estimate of drug-likeness (QED) is 0.227. The zero-order chi connectivity index (χ0) is 18.2. The number of piperazine rings is 1. The standard InChI is InChI=1S/C16H24N6O3S/c1-23-25-26-22-8-6-21(7-9-22)15-10-19-16(11-18-15)24-12-14-2-4-20(13-17)5-3-14/h10-11,14H,2-9,12H2,1H3. The van der Waals surface area contributed by atoms with Crippen LogP contribution in [0, 0.1) is 17.4 Å². The van der Waals surface area contributed by atoms with Crippen molar-refractivity contribution >= 4 is 18.0 Å². The lowest BCUT2D eigenvalue weighted by atomic mass is 9.98. The lowest BCUT2D eigenvalue weighted by molar-refractivity contribution is -0.163. The van der Waals surface area contributed by atoms with Crippen LogP contribution < -0.4 is 9.64 Å². The molecule has 9 nitrogen and oxygen atoms in total. The van der Waals surface area contributed by atoms with E-state index in [1.54, 1.807) is 17.3 Å². The third kappa shape index (κ3) is 5.35. The van der Waals surface area contributed by atoms with E-state index in [1.807, 2.05) is 0 Å². The second kappa shape index (κ2) is 9.78. The summed E-state index contributed by atoms with van der Waals surface area (Å²) in [5.41, 5.74) is 0. The predicted molar refractivity (Wildman–Crippen MR) is 96.9 cm³/mol. The molecule has 0 aromatic carbocycles. The van der Waals surface area contributed by atoms with E-state index < -0.39 is 0 Å². The molecule has 0 atom stereocenters. The van der Waals surface area contributed by atoms with E-state index in [1.165, 1.54) is 19.3 Å². The normalized spacial score (nSPS) is 19.4. The molecule has 142 valence electrons. The van der Waals surface area contributed by atoms with Crippen LogP contribution in [0.2, 0.25) is 0 Å². The maximum Gasteiger partial charge on any atom is 0.232 e. The number of nitriles is 1. The maximum atomic E-state index is 8.88. The predicted octanol–water partition coefficient (Wildman–Crippen LogP) is 1.31. The molecule has 10 heteroatoms. The first-order valence-electron chi connectivity index (χ1n) is 8.75. The van der Waals surface area contributed by atoms with Gasteiger partial charge in [0.2, 0.25) is 5.88 Å². The van der Waals surface area contributed by atoms with E-state index in [-0.39, 0.29) is 0 Å².